The van der Waals surface area contributed by atoms with E-state index in [1.54, 1.807) is 123 Å². The molecule has 2 heterocycles. The molecule has 0 aromatic heterocycles. The van der Waals surface area contributed by atoms with E-state index in [1.165, 1.54) is 9.80 Å². The summed E-state index contributed by atoms with van der Waals surface area (Å²) in [6.45, 7) is 27.1. The molecule has 2 nitrogen and oxygen atoms in total. The minimum atomic E-state index is -1.31. The number of fused-ring (bicyclic) bond motifs is 4. The van der Waals surface area contributed by atoms with Crippen LogP contribution in [0.15, 0.2) is 115 Å². The Kier molecular flexibility index (Phi) is 6.00. The summed E-state index contributed by atoms with van der Waals surface area (Å²) in [5, 5.41) is 0. The van der Waals surface area contributed by atoms with Gasteiger partial charge in [0.15, 0.2) is 0 Å². The van der Waals surface area contributed by atoms with Crippen molar-refractivity contribution in [1.29, 1.82) is 0 Å². The maximum Gasteiger partial charge on any atom is 0.252 e. The van der Waals surface area contributed by atoms with Crippen molar-refractivity contribution in [3.8, 4) is 11.1 Å². The van der Waals surface area contributed by atoms with Crippen LogP contribution in [0.2, 0.25) is 0 Å². The normalized spacial score (nSPS) is 18.2. The number of benzene rings is 6. The molecule has 0 fully saturated rings. The molecule has 2 aliphatic rings. The minimum Gasteiger partial charge on any atom is -0.311 e. The number of hydrogen-bond donors (Lipinski definition) is 0. The quantitative estimate of drug-likeness (QED) is 0.164. The van der Waals surface area contributed by atoms with Crippen LogP contribution < -0.4 is 26.2 Å². The Balaban J connectivity index is 1.74. The molecule has 0 saturated carbocycles. The van der Waals surface area contributed by atoms with Gasteiger partial charge in [0.05, 0.1) is 29.0 Å². The van der Waals surface area contributed by atoms with Crippen LogP contribution >= 0.6 is 0 Å². The van der Waals surface area contributed by atoms with Gasteiger partial charge in [-0.3, -0.25) is 0 Å². The van der Waals surface area contributed by atoms with Crippen LogP contribution in [-0.2, 0) is 27.1 Å². The third-order valence-electron chi connectivity index (χ3n) is 11.2. The first kappa shape index (κ1) is 25.7. The fourth-order valence-corrected chi connectivity index (χ4v) is 7.64. The van der Waals surface area contributed by atoms with Crippen molar-refractivity contribution in [3.05, 3.63) is 148 Å². The topological polar surface area (TPSA) is 6.48 Å². The maximum absolute atomic E-state index is 10.4. The largest absolute Gasteiger partial charge is 0.311 e. The first-order chi connectivity index (χ1) is 35.0. The number of aryl methyl sites for hydroxylation is 1. The Morgan fingerprint density at radius 2 is 0.767 bits per heavy atom. The standard InChI is InChI=1S/C57H67BN2/c1-36-31-50-52-51(32-36)60(47-28-23-40(55(8,9)10)33-44(47)37-17-19-38(20-18-37)53(2,3)4)49-30-25-42(57(14,15)16)35-46(49)58(52)45-34-41(56(11,12)13)24-29-48(45)59(50)43-26-21-39(22-27-43)54(5,6)7/h17-35H,1-16H3/i17D,18D,19D,20D,21D,22D,23D,24D,25D,26D,27D,28D,29D,30D,33D,34D,35D. The summed E-state index contributed by atoms with van der Waals surface area (Å²) < 4.78 is 167. The highest BCUT2D eigenvalue weighted by molar-refractivity contribution is 7.00. The molecule has 8 rings (SSSR count). The average molecular weight is 808 g/mol. The highest BCUT2D eigenvalue weighted by Gasteiger charge is 2.44. The van der Waals surface area contributed by atoms with Gasteiger partial charge in [-0.15, -0.1) is 0 Å². The van der Waals surface area contributed by atoms with Crippen LogP contribution in [0.3, 0.4) is 0 Å². The second kappa shape index (κ2) is 14.0. The van der Waals surface area contributed by atoms with E-state index in [0.29, 0.717) is 5.56 Å². The van der Waals surface area contributed by atoms with Gasteiger partial charge in [0, 0.05) is 34.0 Å². The molecule has 0 bridgehead atoms. The van der Waals surface area contributed by atoms with Gasteiger partial charge in [-0.25, -0.2) is 0 Å². The van der Waals surface area contributed by atoms with E-state index in [-0.39, 0.29) is 138 Å². The van der Waals surface area contributed by atoms with E-state index in [0.717, 1.165) is 0 Å². The van der Waals surface area contributed by atoms with Crippen LogP contribution in [0.4, 0.5) is 34.1 Å². The highest BCUT2D eigenvalue weighted by Crippen LogP contribution is 2.48. The van der Waals surface area contributed by atoms with Gasteiger partial charge in [0.2, 0.25) is 0 Å². The van der Waals surface area contributed by atoms with Crippen molar-refractivity contribution in [1.82, 2.24) is 0 Å². The zero-order chi connectivity index (χ0) is 58.3. The van der Waals surface area contributed by atoms with Crippen LogP contribution in [0.1, 0.15) is 161 Å². The first-order valence-corrected chi connectivity index (χ1v) is 20.9. The van der Waals surface area contributed by atoms with E-state index in [9.17, 15) is 23.3 Å². The zero-order valence-corrected chi connectivity index (χ0v) is 38.1. The van der Waals surface area contributed by atoms with Crippen molar-refractivity contribution < 1.29 is 23.3 Å². The summed E-state index contributed by atoms with van der Waals surface area (Å²) in [5.41, 5.74) is -4.62. The molecule has 0 spiro atoms. The van der Waals surface area contributed by atoms with Gasteiger partial charge in [-0.1, -0.05) is 170 Å². The maximum atomic E-state index is 10.4. The zero-order valence-electron chi connectivity index (χ0n) is 55.1. The lowest BCUT2D eigenvalue weighted by atomic mass is 9.33. The average Bonchev–Trinajstić information content (AvgIpc) is 3.26. The van der Waals surface area contributed by atoms with Crippen molar-refractivity contribution in [3.63, 3.8) is 0 Å². The molecule has 3 heteroatoms. The molecule has 2 aliphatic heterocycles. The lowest BCUT2D eigenvalue weighted by molar-refractivity contribution is 0.590. The summed E-state index contributed by atoms with van der Waals surface area (Å²) in [7, 11) is 0. The molecule has 0 saturated heterocycles. The first-order valence-electron chi connectivity index (χ1n) is 29.4. The molecule has 0 aliphatic carbocycles. The van der Waals surface area contributed by atoms with Crippen LogP contribution in [0.25, 0.3) is 11.1 Å². The summed E-state index contributed by atoms with van der Waals surface area (Å²) in [4.78, 5) is 2.79. The van der Waals surface area contributed by atoms with Gasteiger partial charge in [0.25, 0.3) is 6.71 Å². The van der Waals surface area contributed by atoms with Crippen LogP contribution in [-0.4, -0.2) is 6.71 Å². The predicted octanol–water partition coefficient (Wildman–Crippen LogP) is 14.2. The molecule has 0 amide bonds. The number of anilines is 6. The molecular formula is C57H67BN2. The van der Waals surface area contributed by atoms with Gasteiger partial charge in [0.1, 0.15) is 0 Å². The van der Waals surface area contributed by atoms with Crippen LogP contribution in [0, 0.1) is 6.92 Å². The van der Waals surface area contributed by atoms with E-state index >= 15 is 0 Å². The van der Waals surface area contributed by atoms with Crippen LogP contribution in [0.5, 0.6) is 0 Å². The number of rotatable bonds is 3. The highest BCUT2D eigenvalue weighted by atomic mass is 15.2. The summed E-state index contributed by atoms with van der Waals surface area (Å²) in [5.74, 6) is 0. The molecule has 308 valence electrons. The SMILES string of the molecule is [2H]c1c([2H])c(C(C)(C)C)c([2H])c([2H])c1-c1c([2H])c(C(C)(C)C)c([2H])c([2H])c1N1c2cc(C)cc3c2B(c2c([2H])c(C(C)(C)C)c([2H])c([2H])c2N3c2c([2H])c([2H])c(C(C)(C)C)c([2H])c2[2H])c2c([2H])c(C(C)(C)C)c([2H])c([2H])c21. The molecule has 6 aromatic rings. The Bertz CT molecular complexity index is 3550. The minimum absolute atomic E-state index is 0.0218. The van der Waals surface area contributed by atoms with Gasteiger partial charge in [-0.2, -0.15) is 0 Å². The third kappa shape index (κ3) is 7.31. The van der Waals surface area contributed by atoms with Crippen molar-refractivity contribution >= 4 is 57.2 Å². The second-order valence-corrected chi connectivity index (χ2v) is 21.5. The molecule has 0 N–H and O–H groups in total. The Labute approximate surface area is 387 Å². The fraction of sp³-hybridized carbons (Fsp3) is 0.368. The van der Waals surface area contributed by atoms with Crippen molar-refractivity contribution in [2.45, 2.75) is 138 Å². The van der Waals surface area contributed by atoms with Gasteiger partial charge < -0.3 is 9.80 Å². The monoisotopic (exact) mass is 808 g/mol. The number of nitrogens with zero attached hydrogens (tertiary/aromatic N) is 2. The lowest BCUT2D eigenvalue weighted by Gasteiger charge is -2.45. The Morgan fingerprint density at radius 1 is 0.400 bits per heavy atom. The predicted molar refractivity (Wildman–Crippen MR) is 264 cm³/mol. The molecular weight excluding hydrogens is 723 g/mol. The van der Waals surface area contributed by atoms with E-state index < -0.39 is 88.2 Å². The Hall–Kier alpha value is -5.02. The molecule has 6 aromatic carbocycles. The van der Waals surface area contributed by atoms with E-state index in [4.69, 9.17) is 0 Å². The fourth-order valence-electron chi connectivity index (χ4n) is 7.64. The van der Waals surface area contributed by atoms with E-state index in [1.807, 2.05) is 0 Å². The second-order valence-electron chi connectivity index (χ2n) is 21.5. The summed E-state index contributed by atoms with van der Waals surface area (Å²) in [6.07, 6.45) is 0. The third-order valence-corrected chi connectivity index (χ3v) is 11.2. The summed E-state index contributed by atoms with van der Waals surface area (Å²) in [6, 6.07) is -3.42. The molecule has 0 unspecified atom stereocenters. The van der Waals surface area contributed by atoms with Gasteiger partial charge >= 0.3 is 0 Å². The van der Waals surface area contributed by atoms with Gasteiger partial charge in [-0.05, 0) is 138 Å². The van der Waals surface area contributed by atoms with Crippen molar-refractivity contribution in [2.75, 3.05) is 9.80 Å². The lowest BCUT2D eigenvalue weighted by Crippen LogP contribution is -2.61. The molecule has 60 heavy (non-hydrogen) atoms. The molecule has 0 radical (unpaired) electrons. The van der Waals surface area contributed by atoms with E-state index in [2.05, 4.69) is 0 Å². The van der Waals surface area contributed by atoms with Crippen molar-refractivity contribution in [2.24, 2.45) is 0 Å². The number of hydrogen-bond acceptors (Lipinski definition) is 2. The smallest absolute Gasteiger partial charge is 0.252 e. The Morgan fingerprint density at radius 3 is 1.22 bits per heavy atom. The molecule has 0 atom stereocenters. The summed E-state index contributed by atoms with van der Waals surface area (Å²) >= 11 is 0.